The van der Waals surface area contributed by atoms with Gasteiger partial charge in [-0.3, -0.25) is 0 Å². The first-order valence-electron chi connectivity index (χ1n) is 6.70. The lowest BCUT2D eigenvalue weighted by atomic mass is 9.84. The third-order valence-electron chi connectivity index (χ3n) is 3.28. The second-order valence-corrected chi connectivity index (χ2v) is 5.37. The molecular weight excluding hydrogens is 243 g/mol. The van der Waals surface area contributed by atoms with Crippen LogP contribution in [0.4, 0.5) is 4.39 Å². The maximum Gasteiger partial charge on any atom is 0.165 e. The Morgan fingerprint density at radius 3 is 2.58 bits per heavy atom. The summed E-state index contributed by atoms with van der Waals surface area (Å²) in [5.41, 5.74) is 0.874. The molecule has 0 saturated carbocycles. The van der Waals surface area contributed by atoms with Gasteiger partial charge in [-0.1, -0.05) is 19.9 Å². The van der Waals surface area contributed by atoms with Crippen molar-refractivity contribution in [2.24, 2.45) is 0 Å². The molecule has 0 aromatic heterocycles. The number of ether oxygens (including phenoxy) is 1. The van der Waals surface area contributed by atoms with E-state index in [1.807, 2.05) is 13.1 Å². The highest BCUT2D eigenvalue weighted by molar-refractivity contribution is 5.33. The molecule has 0 radical (unpaired) electrons. The monoisotopic (exact) mass is 268 g/mol. The molecule has 0 bridgehead atoms. The Hall–Kier alpha value is -1.13. The highest BCUT2D eigenvalue weighted by Crippen LogP contribution is 2.26. The van der Waals surface area contributed by atoms with Gasteiger partial charge in [-0.15, -0.1) is 0 Å². The van der Waals surface area contributed by atoms with E-state index < -0.39 is 0 Å². The number of hydrogen-bond acceptors (Lipinski definition) is 3. The fraction of sp³-hybridized carbons (Fsp3) is 0.600. The molecule has 0 aliphatic heterocycles. The Kier molecular flexibility index (Phi) is 6.25. The van der Waals surface area contributed by atoms with Gasteiger partial charge in [-0.25, -0.2) is 4.39 Å². The van der Waals surface area contributed by atoms with Crippen molar-refractivity contribution in [2.75, 3.05) is 33.8 Å². The second kappa shape index (κ2) is 7.46. The summed E-state index contributed by atoms with van der Waals surface area (Å²) < 4.78 is 18.7. The summed E-state index contributed by atoms with van der Waals surface area (Å²) in [6.07, 6.45) is 1.09. The Morgan fingerprint density at radius 1 is 1.26 bits per heavy atom. The highest BCUT2D eigenvalue weighted by atomic mass is 19.1. The Labute approximate surface area is 115 Å². The molecule has 2 N–H and O–H groups in total. The molecule has 0 unspecified atom stereocenters. The Morgan fingerprint density at radius 2 is 2.00 bits per heavy atom. The molecule has 0 aliphatic carbocycles. The number of halogens is 1. The first-order chi connectivity index (χ1) is 9.01. The third kappa shape index (κ3) is 4.80. The first-order valence-corrected chi connectivity index (χ1v) is 6.70. The molecular formula is C15H25FN2O. The summed E-state index contributed by atoms with van der Waals surface area (Å²) in [4.78, 5) is 0. The van der Waals surface area contributed by atoms with Crippen LogP contribution in [0.1, 0.15) is 25.8 Å². The molecule has 1 rings (SSSR count). The molecule has 0 aliphatic rings. The largest absolute Gasteiger partial charge is 0.494 e. The summed E-state index contributed by atoms with van der Waals surface area (Å²) in [7, 11) is 3.43. The molecule has 0 atom stereocenters. The Bertz CT molecular complexity index is 394. The first kappa shape index (κ1) is 15.9. The van der Waals surface area contributed by atoms with Crippen LogP contribution in [-0.4, -0.2) is 33.8 Å². The van der Waals surface area contributed by atoms with Crippen molar-refractivity contribution in [3.8, 4) is 5.75 Å². The van der Waals surface area contributed by atoms with E-state index in [9.17, 15) is 4.39 Å². The van der Waals surface area contributed by atoms with Crippen molar-refractivity contribution >= 4 is 0 Å². The predicted octanol–water partition coefficient (Wildman–Crippen LogP) is 2.31. The van der Waals surface area contributed by atoms with E-state index in [0.717, 1.165) is 31.6 Å². The zero-order chi connectivity index (χ0) is 14.3. The van der Waals surface area contributed by atoms with Crippen molar-refractivity contribution in [1.29, 1.82) is 0 Å². The molecule has 1 aromatic carbocycles. The molecule has 0 heterocycles. The maximum absolute atomic E-state index is 13.7. The van der Waals surface area contributed by atoms with Crippen LogP contribution in [0.2, 0.25) is 0 Å². The normalized spacial score (nSPS) is 11.6. The summed E-state index contributed by atoms with van der Waals surface area (Å²) >= 11 is 0. The number of methoxy groups -OCH3 is 1. The quantitative estimate of drug-likeness (QED) is 0.710. The second-order valence-electron chi connectivity index (χ2n) is 5.37. The summed E-state index contributed by atoms with van der Waals surface area (Å²) in [6, 6.07) is 5.18. The number of nitrogens with one attached hydrogen (secondary N) is 2. The zero-order valence-electron chi connectivity index (χ0n) is 12.3. The van der Waals surface area contributed by atoms with Crippen molar-refractivity contribution in [3.63, 3.8) is 0 Å². The van der Waals surface area contributed by atoms with Crippen LogP contribution in [-0.2, 0) is 5.41 Å². The molecule has 108 valence electrons. The lowest BCUT2D eigenvalue weighted by Crippen LogP contribution is -2.34. The fourth-order valence-electron chi connectivity index (χ4n) is 1.98. The van der Waals surface area contributed by atoms with Gasteiger partial charge in [0.25, 0.3) is 0 Å². The number of hydrogen-bond donors (Lipinski definition) is 2. The topological polar surface area (TPSA) is 33.3 Å². The van der Waals surface area contributed by atoms with Gasteiger partial charge in [0.15, 0.2) is 11.6 Å². The van der Waals surface area contributed by atoms with E-state index in [1.165, 1.54) is 7.11 Å². The van der Waals surface area contributed by atoms with Gasteiger partial charge in [0.1, 0.15) is 0 Å². The minimum Gasteiger partial charge on any atom is -0.494 e. The van der Waals surface area contributed by atoms with Gasteiger partial charge in [-0.2, -0.15) is 0 Å². The third-order valence-corrected chi connectivity index (χ3v) is 3.28. The van der Waals surface area contributed by atoms with Crippen LogP contribution in [0.25, 0.3) is 0 Å². The Balaban J connectivity index is 2.58. The van der Waals surface area contributed by atoms with Crippen LogP contribution < -0.4 is 15.4 Å². The average Bonchev–Trinajstić information content (AvgIpc) is 2.38. The van der Waals surface area contributed by atoms with Gasteiger partial charge in [0.2, 0.25) is 0 Å². The molecule has 1 aromatic rings. The van der Waals surface area contributed by atoms with Crippen LogP contribution in [0.5, 0.6) is 5.75 Å². The van der Waals surface area contributed by atoms with Crippen molar-refractivity contribution in [3.05, 3.63) is 29.6 Å². The number of benzene rings is 1. The highest BCUT2D eigenvalue weighted by Gasteiger charge is 2.21. The smallest absolute Gasteiger partial charge is 0.165 e. The van der Waals surface area contributed by atoms with Gasteiger partial charge in [-0.05, 0) is 44.3 Å². The molecule has 0 spiro atoms. The van der Waals surface area contributed by atoms with E-state index in [0.29, 0.717) is 5.75 Å². The van der Waals surface area contributed by atoms with Crippen molar-refractivity contribution < 1.29 is 9.13 Å². The van der Waals surface area contributed by atoms with Crippen LogP contribution in [0, 0.1) is 5.82 Å². The van der Waals surface area contributed by atoms with E-state index in [1.54, 1.807) is 12.1 Å². The van der Waals surface area contributed by atoms with Crippen LogP contribution in [0.15, 0.2) is 18.2 Å². The van der Waals surface area contributed by atoms with Gasteiger partial charge < -0.3 is 15.4 Å². The van der Waals surface area contributed by atoms with E-state index in [4.69, 9.17) is 4.74 Å². The lowest BCUT2D eigenvalue weighted by Gasteiger charge is -2.26. The van der Waals surface area contributed by atoms with Crippen LogP contribution in [0.3, 0.4) is 0 Å². The van der Waals surface area contributed by atoms with Crippen molar-refractivity contribution in [2.45, 2.75) is 25.7 Å². The number of rotatable bonds is 8. The zero-order valence-corrected chi connectivity index (χ0v) is 12.3. The minimum absolute atomic E-state index is 0.104. The maximum atomic E-state index is 13.7. The fourth-order valence-corrected chi connectivity index (χ4v) is 1.98. The molecule has 0 fully saturated rings. The van der Waals surface area contributed by atoms with Crippen molar-refractivity contribution in [1.82, 2.24) is 10.6 Å². The lowest BCUT2D eigenvalue weighted by molar-refractivity contribution is 0.384. The summed E-state index contributed by atoms with van der Waals surface area (Å²) in [5, 5.41) is 6.53. The SMILES string of the molecule is CNCCCNCC(C)(C)c1ccc(OC)c(F)c1. The standard InChI is InChI=1S/C15H25FN2O/c1-15(2,11-18-9-5-8-17-3)12-6-7-14(19-4)13(16)10-12/h6-7,10,17-18H,5,8-9,11H2,1-4H3. The molecule has 4 heteroatoms. The summed E-state index contributed by atoms with van der Waals surface area (Å²) in [5.74, 6) is -0.00946. The molecule has 0 saturated heterocycles. The minimum atomic E-state index is -0.303. The van der Waals surface area contributed by atoms with Gasteiger partial charge in [0.05, 0.1) is 7.11 Å². The van der Waals surface area contributed by atoms with Crippen LogP contribution >= 0.6 is 0 Å². The van der Waals surface area contributed by atoms with E-state index in [2.05, 4.69) is 24.5 Å². The predicted molar refractivity (Wildman–Crippen MR) is 77.4 cm³/mol. The average molecular weight is 268 g/mol. The molecule has 0 amide bonds. The molecule has 19 heavy (non-hydrogen) atoms. The van der Waals surface area contributed by atoms with Gasteiger partial charge >= 0.3 is 0 Å². The molecule has 3 nitrogen and oxygen atoms in total. The van der Waals surface area contributed by atoms with E-state index >= 15 is 0 Å². The summed E-state index contributed by atoms with van der Waals surface area (Å²) in [6.45, 7) is 7.01. The van der Waals surface area contributed by atoms with E-state index in [-0.39, 0.29) is 11.2 Å². The van der Waals surface area contributed by atoms with Gasteiger partial charge in [0, 0.05) is 12.0 Å².